The maximum Gasteiger partial charge on any atom is 0.165 e. The van der Waals surface area contributed by atoms with Gasteiger partial charge in [0.2, 0.25) is 0 Å². The molecule has 65 heavy (non-hydrogen) atoms. The Morgan fingerprint density at radius 3 is 2.28 bits per heavy atom. The summed E-state index contributed by atoms with van der Waals surface area (Å²) in [6, 6.07) is 49.3. The molecule has 0 N–H and O–H groups in total. The van der Waals surface area contributed by atoms with E-state index in [-0.39, 0.29) is 5.92 Å². The van der Waals surface area contributed by atoms with Gasteiger partial charge in [-0.15, -0.1) is 11.3 Å². The van der Waals surface area contributed by atoms with Crippen LogP contribution >= 0.6 is 11.3 Å². The lowest BCUT2D eigenvalue weighted by Gasteiger charge is -2.26. The first kappa shape index (κ1) is 36.5. The molecular formula is C59H38N4OS. The molecule has 6 aromatic carbocycles. The molecular weight excluding hydrogens is 813 g/mol. The highest BCUT2D eigenvalue weighted by atomic mass is 32.1. The minimum atomic E-state index is 0.263. The van der Waals surface area contributed by atoms with Crippen LogP contribution in [0.5, 0.6) is 0 Å². The summed E-state index contributed by atoms with van der Waals surface area (Å²) in [6.45, 7) is 0. The van der Waals surface area contributed by atoms with Gasteiger partial charge in [0.15, 0.2) is 17.5 Å². The number of para-hydroxylation sites is 1. The van der Waals surface area contributed by atoms with Crippen LogP contribution in [0.2, 0.25) is 0 Å². The Labute approximate surface area is 378 Å². The van der Waals surface area contributed by atoms with E-state index in [1.165, 1.54) is 59.7 Å². The van der Waals surface area contributed by atoms with E-state index in [1.807, 2.05) is 6.07 Å². The zero-order valence-corrected chi connectivity index (χ0v) is 36.0. The fourth-order valence-corrected chi connectivity index (χ4v) is 11.8. The third-order valence-electron chi connectivity index (χ3n) is 13.7. The average Bonchev–Trinajstić information content (AvgIpc) is 4.05. The number of furan rings is 1. The van der Waals surface area contributed by atoms with E-state index in [9.17, 15) is 0 Å². The molecule has 0 aliphatic heterocycles. The molecule has 0 saturated carbocycles. The highest BCUT2D eigenvalue weighted by Gasteiger charge is 2.29. The summed E-state index contributed by atoms with van der Waals surface area (Å²) < 4.78 is 11.7. The van der Waals surface area contributed by atoms with Gasteiger partial charge in [-0.2, -0.15) is 0 Å². The van der Waals surface area contributed by atoms with E-state index < -0.39 is 0 Å². The number of hydrogen-bond acceptors (Lipinski definition) is 5. The molecule has 0 saturated heterocycles. The van der Waals surface area contributed by atoms with Gasteiger partial charge in [-0.1, -0.05) is 134 Å². The van der Waals surface area contributed by atoms with E-state index in [2.05, 4.69) is 193 Å². The summed E-state index contributed by atoms with van der Waals surface area (Å²) in [7, 11) is 0. The topological polar surface area (TPSA) is 56.7 Å². The first-order valence-electron chi connectivity index (χ1n) is 22.4. The highest BCUT2D eigenvalue weighted by Crippen LogP contribution is 2.43. The summed E-state index contributed by atoms with van der Waals surface area (Å²) in [5.74, 6) is 2.52. The number of rotatable bonds is 5. The van der Waals surface area contributed by atoms with Crippen LogP contribution in [-0.4, -0.2) is 19.5 Å². The Hall–Kier alpha value is -7.93. The number of allylic oxidation sites excluding steroid dienone is 9. The van der Waals surface area contributed by atoms with E-state index in [4.69, 9.17) is 19.4 Å². The third kappa shape index (κ3) is 5.80. The molecule has 0 amide bonds. The van der Waals surface area contributed by atoms with Crippen molar-refractivity contribution in [2.75, 3.05) is 0 Å². The Morgan fingerprint density at radius 2 is 1.35 bits per heavy atom. The van der Waals surface area contributed by atoms with Crippen molar-refractivity contribution in [3.05, 3.63) is 210 Å². The molecule has 2 unspecified atom stereocenters. The molecule has 10 aromatic rings. The van der Waals surface area contributed by atoms with Gasteiger partial charge in [-0.3, -0.25) is 0 Å². The maximum absolute atomic E-state index is 6.81. The van der Waals surface area contributed by atoms with Crippen LogP contribution in [0.1, 0.15) is 17.7 Å². The van der Waals surface area contributed by atoms with Crippen LogP contribution in [0.4, 0.5) is 0 Å². The number of nitrogens with zero attached hydrogens (tertiary/aromatic N) is 4. The smallest absolute Gasteiger partial charge is 0.165 e. The van der Waals surface area contributed by atoms with Crippen molar-refractivity contribution in [1.29, 1.82) is 0 Å². The Kier molecular flexibility index (Phi) is 8.04. The third-order valence-corrected chi connectivity index (χ3v) is 14.9. The molecule has 4 aliphatic carbocycles. The lowest BCUT2D eigenvalue weighted by molar-refractivity contribution is 0.568. The van der Waals surface area contributed by atoms with Gasteiger partial charge in [0.1, 0.15) is 11.0 Å². The average molecular weight is 851 g/mol. The molecule has 0 spiro atoms. The predicted molar refractivity (Wildman–Crippen MR) is 268 cm³/mol. The van der Waals surface area contributed by atoms with Crippen molar-refractivity contribution in [3.8, 4) is 45.3 Å². The second-order valence-corrected chi connectivity index (χ2v) is 18.5. The van der Waals surface area contributed by atoms with Gasteiger partial charge in [0, 0.05) is 81.6 Å². The van der Waals surface area contributed by atoms with Gasteiger partial charge in [0.05, 0.1) is 5.52 Å². The number of hydrogen-bond donors (Lipinski definition) is 0. The fraction of sp³-hybridized carbons (Fsp3) is 0.0678. The van der Waals surface area contributed by atoms with Crippen LogP contribution in [-0.2, 0) is 6.42 Å². The second-order valence-electron chi connectivity index (χ2n) is 17.4. The lowest BCUT2D eigenvalue weighted by atomic mass is 9.83. The van der Waals surface area contributed by atoms with Crippen LogP contribution in [0, 0.1) is 11.8 Å². The molecule has 6 heteroatoms. The summed E-state index contributed by atoms with van der Waals surface area (Å²) in [4.78, 5) is 15.7. The van der Waals surface area contributed by atoms with Crippen molar-refractivity contribution in [1.82, 2.24) is 19.5 Å². The van der Waals surface area contributed by atoms with Crippen molar-refractivity contribution in [3.63, 3.8) is 0 Å². The number of fused-ring (bicyclic) bond motifs is 11. The van der Waals surface area contributed by atoms with Crippen molar-refractivity contribution in [2.24, 2.45) is 11.8 Å². The number of aromatic nitrogens is 4. The number of benzene rings is 6. The molecule has 0 radical (unpaired) electrons. The molecule has 2 atom stereocenters. The zero-order chi connectivity index (χ0) is 42.6. The van der Waals surface area contributed by atoms with E-state index in [0.717, 1.165) is 61.7 Å². The second kappa shape index (κ2) is 14.3. The van der Waals surface area contributed by atoms with Gasteiger partial charge in [0.25, 0.3) is 0 Å². The minimum absolute atomic E-state index is 0.263. The summed E-state index contributed by atoms with van der Waals surface area (Å²) in [5.41, 5.74) is 14.6. The SMILES string of the molecule is C1=CC2=Cc3c(n(C4=CC5=c6c(oc7cc(-c8nc(-c9cccc(-c%10ccccc%10)c9)nc(-c9cccc%10c9sc9ccccc9%10)n8)ccc67)=CCC5C=C4)c4ccccc34)CC2C=C1. The monoisotopic (exact) mass is 850 g/mol. The van der Waals surface area contributed by atoms with Gasteiger partial charge < -0.3 is 8.98 Å². The fourth-order valence-electron chi connectivity index (χ4n) is 10.6. The molecule has 4 heterocycles. The van der Waals surface area contributed by atoms with Crippen LogP contribution in [0.3, 0.4) is 0 Å². The van der Waals surface area contributed by atoms with Crippen LogP contribution < -0.4 is 10.6 Å². The molecule has 5 nitrogen and oxygen atoms in total. The lowest BCUT2D eigenvalue weighted by Crippen LogP contribution is -2.30. The summed E-state index contributed by atoms with van der Waals surface area (Å²) >= 11 is 1.78. The van der Waals surface area contributed by atoms with Gasteiger partial charge in [-0.05, 0) is 95.8 Å². The molecule has 4 aromatic heterocycles. The van der Waals surface area contributed by atoms with Crippen LogP contribution in [0.25, 0.3) is 111 Å². The highest BCUT2D eigenvalue weighted by molar-refractivity contribution is 7.26. The molecule has 14 rings (SSSR count). The Bertz CT molecular complexity index is 3970. The van der Waals surface area contributed by atoms with Gasteiger partial charge in [-0.25, -0.2) is 15.0 Å². The maximum atomic E-state index is 6.81. The molecule has 0 fully saturated rings. The molecule has 306 valence electrons. The molecule has 4 aliphatic rings. The van der Waals surface area contributed by atoms with Crippen molar-refractivity contribution >= 4 is 76.8 Å². The number of thiophene rings is 1. The molecule has 0 bridgehead atoms. The van der Waals surface area contributed by atoms with Crippen molar-refractivity contribution < 1.29 is 4.42 Å². The Balaban J connectivity index is 0.930. The van der Waals surface area contributed by atoms with Crippen LogP contribution in [0.15, 0.2) is 192 Å². The normalized spacial score (nSPS) is 17.2. The van der Waals surface area contributed by atoms with E-state index >= 15 is 0 Å². The van der Waals surface area contributed by atoms with E-state index in [0.29, 0.717) is 23.4 Å². The minimum Gasteiger partial charge on any atom is -0.456 e. The zero-order valence-electron chi connectivity index (χ0n) is 35.1. The standard InChI is InChI=1S/C59H38N4OS/c1-2-12-35(13-3-1)37-16-10-17-40(30-37)57-60-58(62-59(61-57)47-21-11-20-45-44-19-7-9-23-54(44)65-56(45)47)41-25-28-46-53(33-41)64-52-29-26-36-24-27-42(34-48(36)55(46)52)63-50-22-8-6-18-43(50)49-31-38-14-4-5-15-39(38)32-51(49)63/h1-25,27-31,33-34,36,39H,26,32H2. The largest absolute Gasteiger partial charge is 0.456 e. The predicted octanol–water partition coefficient (Wildman–Crippen LogP) is 13.4. The van der Waals surface area contributed by atoms with E-state index in [1.54, 1.807) is 11.3 Å². The van der Waals surface area contributed by atoms with Crippen molar-refractivity contribution in [2.45, 2.75) is 12.8 Å². The summed E-state index contributed by atoms with van der Waals surface area (Å²) in [5, 5.41) is 6.01. The first-order valence-corrected chi connectivity index (χ1v) is 23.2. The van der Waals surface area contributed by atoms with Gasteiger partial charge >= 0.3 is 0 Å². The summed E-state index contributed by atoms with van der Waals surface area (Å²) in [6.07, 6.45) is 22.6. The first-order chi connectivity index (χ1) is 32.2. The quantitative estimate of drug-likeness (QED) is 0.173. The Morgan fingerprint density at radius 1 is 0.585 bits per heavy atom.